The predicted octanol–water partition coefficient (Wildman–Crippen LogP) is 2.81. The summed E-state index contributed by atoms with van der Waals surface area (Å²) in [5.74, 6) is 0.457. The molecule has 1 aromatic carbocycles. The first-order chi connectivity index (χ1) is 7.31. The third-order valence-corrected chi connectivity index (χ3v) is 2.24. The van der Waals surface area contributed by atoms with E-state index < -0.39 is 0 Å². The van der Waals surface area contributed by atoms with Crippen molar-refractivity contribution in [3.05, 3.63) is 41.7 Å². The first-order valence-corrected chi connectivity index (χ1v) is 4.81. The number of methoxy groups -OCH3 is 1. The smallest absolute Gasteiger partial charge is 0.232 e. The standard InChI is InChI=1S/C11H9ClN2O/c1-15-9-7-13-11(12)10(14-9)8-5-3-2-4-6-8/h2-7H,1H3. The maximum Gasteiger partial charge on any atom is 0.232 e. The van der Waals surface area contributed by atoms with Gasteiger partial charge in [-0.2, -0.15) is 0 Å². The highest BCUT2D eigenvalue weighted by Gasteiger charge is 2.07. The van der Waals surface area contributed by atoms with Gasteiger partial charge in [-0.3, -0.25) is 0 Å². The number of aromatic nitrogens is 2. The Hall–Kier alpha value is -1.61. The normalized spacial score (nSPS) is 10.0. The molecule has 0 aliphatic rings. The van der Waals surface area contributed by atoms with Gasteiger partial charge in [-0.05, 0) is 0 Å². The minimum absolute atomic E-state index is 0.377. The van der Waals surface area contributed by atoms with E-state index in [-0.39, 0.29) is 0 Å². The SMILES string of the molecule is COc1cnc(Cl)c(-c2ccccc2)n1. The van der Waals surface area contributed by atoms with Gasteiger partial charge in [0.15, 0.2) is 5.15 Å². The van der Waals surface area contributed by atoms with Crippen LogP contribution in [0.25, 0.3) is 11.3 Å². The highest BCUT2D eigenvalue weighted by molar-refractivity contribution is 6.31. The summed E-state index contributed by atoms with van der Waals surface area (Å²) in [6.07, 6.45) is 1.49. The molecule has 1 aromatic heterocycles. The van der Waals surface area contributed by atoms with Gasteiger partial charge >= 0.3 is 0 Å². The Bertz CT molecular complexity index is 459. The summed E-state index contributed by atoms with van der Waals surface area (Å²) < 4.78 is 5.00. The van der Waals surface area contributed by atoms with E-state index in [1.54, 1.807) is 7.11 Å². The molecular weight excluding hydrogens is 212 g/mol. The minimum atomic E-state index is 0.377. The molecular formula is C11H9ClN2O. The summed E-state index contributed by atoms with van der Waals surface area (Å²) >= 11 is 5.96. The van der Waals surface area contributed by atoms with Crippen molar-refractivity contribution < 1.29 is 4.74 Å². The van der Waals surface area contributed by atoms with Crippen LogP contribution in [-0.4, -0.2) is 17.1 Å². The average Bonchev–Trinajstić information content (AvgIpc) is 2.31. The fourth-order valence-corrected chi connectivity index (χ4v) is 1.44. The van der Waals surface area contributed by atoms with Gasteiger partial charge in [0.05, 0.1) is 13.3 Å². The quantitative estimate of drug-likeness (QED) is 0.781. The molecule has 1 heterocycles. The van der Waals surface area contributed by atoms with Crippen molar-refractivity contribution in [2.24, 2.45) is 0 Å². The molecule has 0 bridgehead atoms. The zero-order valence-electron chi connectivity index (χ0n) is 8.14. The minimum Gasteiger partial charge on any atom is -0.480 e. The molecule has 0 saturated carbocycles. The van der Waals surface area contributed by atoms with E-state index in [4.69, 9.17) is 16.3 Å². The highest BCUT2D eigenvalue weighted by atomic mass is 35.5. The van der Waals surface area contributed by atoms with E-state index in [0.29, 0.717) is 16.7 Å². The van der Waals surface area contributed by atoms with E-state index in [1.165, 1.54) is 6.20 Å². The van der Waals surface area contributed by atoms with Crippen molar-refractivity contribution in [1.29, 1.82) is 0 Å². The molecule has 0 aliphatic carbocycles. The number of rotatable bonds is 2. The Labute approximate surface area is 92.7 Å². The van der Waals surface area contributed by atoms with Gasteiger partial charge in [-0.1, -0.05) is 41.9 Å². The average molecular weight is 221 g/mol. The van der Waals surface area contributed by atoms with Crippen LogP contribution < -0.4 is 4.74 Å². The second-order valence-corrected chi connectivity index (χ2v) is 3.28. The monoisotopic (exact) mass is 220 g/mol. The van der Waals surface area contributed by atoms with E-state index in [9.17, 15) is 0 Å². The Balaban J connectivity index is 2.52. The number of nitrogens with zero attached hydrogens (tertiary/aromatic N) is 2. The van der Waals surface area contributed by atoms with Crippen molar-refractivity contribution in [3.63, 3.8) is 0 Å². The third kappa shape index (κ3) is 2.07. The topological polar surface area (TPSA) is 35.0 Å². The molecule has 0 aliphatic heterocycles. The highest BCUT2D eigenvalue weighted by Crippen LogP contribution is 2.25. The van der Waals surface area contributed by atoms with Crippen molar-refractivity contribution in [2.45, 2.75) is 0 Å². The molecule has 0 amide bonds. The Morgan fingerprint density at radius 1 is 1.20 bits per heavy atom. The van der Waals surface area contributed by atoms with Crippen molar-refractivity contribution in [2.75, 3.05) is 7.11 Å². The second kappa shape index (κ2) is 4.28. The molecule has 2 rings (SSSR count). The number of benzene rings is 1. The van der Waals surface area contributed by atoms with E-state index in [1.807, 2.05) is 30.3 Å². The molecule has 0 N–H and O–H groups in total. The molecule has 76 valence electrons. The molecule has 4 heteroatoms. The van der Waals surface area contributed by atoms with Crippen LogP contribution in [0.3, 0.4) is 0 Å². The largest absolute Gasteiger partial charge is 0.480 e. The van der Waals surface area contributed by atoms with E-state index >= 15 is 0 Å². The first-order valence-electron chi connectivity index (χ1n) is 4.43. The lowest BCUT2D eigenvalue weighted by Gasteiger charge is -2.04. The van der Waals surface area contributed by atoms with Gasteiger partial charge in [0.2, 0.25) is 5.88 Å². The van der Waals surface area contributed by atoms with Crippen LogP contribution in [0.15, 0.2) is 36.5 Å². The molecule has 0 fully saturated rings. The van der Waals surface area contributed by atoms with Gasteiger partial charge < -0.3 is 4.74 Å². The molecule has 3 nitrogen and oxygen atoms in total. The lowest BCUT2D eigenvalue weighted by molar-refractivity contribution is 0.396. The number of hydrogen-bond acceptors (Lipinski definition) is 3. The first kappa shape index (κ1) is 9.93. The van der Waals surface area contributed by atoms with Crippen molar-refractivity contribution in [3.8, 4) is 17.1 Å². The molecule has 0 radical (unpaired) electrons. The molecule has 2 aromatic rings. The lowest BCUT2D eigenvalue weighted by atomic mass is 10.2. The summed E-state index contributed by atoms with van der Waals surface area (Å²) in [6.45, 7) is 0. The fraction of sp³-hybridized carbons (Fsp3) is 0.0909. The maximum absolute atomic E-state index is 5.96. The Kier molecular flexibility index (Phi) is 2.83. The Morgan fingerprint density at radius 3 is 2.60 bits per heavy atom. The van der Waals surface area contributed by atoms with Crippen LogP contribution in [0.2, 0.25) is 5.15 Å². The van der Waals surface area contributed by atoms with Crippen molar-refractivity contribution >= 4 is 11.6 Å². The van der Waals surface area contributed by atoms with Gasteiger partial charge in [-0.15, -0.1) is 0 Å². The van der Waals surface area contributed by atoms with Gasteiger partial charge in [0.25, 0.3) is 0 Å². The molecule has 0 unspecified atom stereocenters. The van der Waals surface area contributed by atoms with Crippen LogP contribution in [0.4, 0.5) is 0 Å². The number of halogens is 1. The molecule has 0 atom stereocenters. The summed E-state index contributed by atoms with van der Waals surface area (Å²) in [7, 11) is 1.55. The summed E-state index contributed by atoms with van der Waals surface area (Å²) in [5.41, 5.74) is 1.56. The lowest BCUT2D eigenvalue weighted by Crippen LogP contribution is -1.93. The fourth-order valence-electron chi connectivity index (χ4n) is 1.24. The van der Waals surface area contributed by atoms with Crippen LogP contribution in [0, 0.1) is 0 Å². The van der Waals surface area contributed by atoms with Crippen molar-refractivity contribution in [1.82, 2.24) is 9.97 Å². The summed E-state index contributed by atoms with van der Waals surface area (Å²) in [4.78, 5) is 8.25. The van der Waals surface area contributed by atoms with Crippen LogP contribution in [-0.2, 0) is 0 Å². The number of hydrogen-bond donors (Lipinski definition) is 0. The zero-order chi connectivity index (χ0) is 10.7. The van der Waals surface area contributed by atoms with E-state index in [2.05, 4.69) is 9.97 Å². The van der Waals surface area contributed by atoms with Crippen LogP contribution >= 0.6 is 11.6 Å². The summed E-state index contributed by atoms with van der Waals surface area (Å²) in [6, 6.07) is 9.63. The molecule has 0 spiro atoms. The maximum atomic E-state index is 5.96. The third-order valence-electron chi connectivity index (χ3n) is 1.96. The van der Waals surface area contributed by atoms with Gasteiger partial charge in [0, 0.05) is 5.56 Å². The molecule has 0 saturated heterocycles. The van der Waals surface area contributed by atoms with Crippen LogP contribution in [0.1, 0.15) is 0 Å². The van der Waals surface area contributed by atoms with E-state index in [0.717, 1.165) is 5.56 Å². The predicted molar refractivity (Wildman–Crippen MR) is 59.0 cm³/mol. The van der Waals surface area contributed by atoms with Gasteiger partial charge in [-0.25, -0.2) is 9.97 Å². The van der Waals surface area contributed by atoms with Gasteiger partial charge in [0.1, 0.15) is 5.69 Å². The van der Waals surface area contributed by atoms with Crippen LogP contribution in [0.5, 0.6) is 5.88 Å². The second-order valence-electron chi connectivity index (χ2n) is 2.92. The Morgan fingerprint density at radius 2 is 1.93 bits per heavy atom. The zero-order valence-corrected chi connectivity index (χ0v) is 8.90. The summed E-state index contributed by atoms with van der Waals surface area (Å²) in [5, 5.41) is 0.377. The molecule has 15 heavy (non-hydrogen) atoms. The number of ether oxygens (including phenoxy) is 1.